The fraction of sp³-hybridized carbons (Fsp3) is 0.917. The zero-order chi connectivity index (χ0) is 12.1. The summed E-state index contributed by atoms with van der Waals surface area (Å²) in [5.74, 6) is 0.750. The van der Waals surface area contributed by atoms with Crippen molar-refractivity contribution in [2.75, 3.05) is 0 Å². The summed E-state index contributed by atoms with van der Waals surface area (Å²) in [7, 11) is 0. The Kier molecular flexibility index (Phi) is 5.69. The average molecular weight is 217 g/mol. The van der Waals surface area contributed by atoms with Crippen molar-refractivity contribution < 1.29 is 11.0 Å². The number of carbonyl (C=O) groups excluding carboxylic acids is 1. The standard InChI is InChI=1S/C10H19NO2.C2H6.H2/c1-7-5-8(6-7)11-9(12)13-10(2,3)4;1-2;/h7-8H,5-6H2,1-4H3,(H,11,12);1-2H3;1H. The first-order valence-electron chi connectivity index (χ1n) is 5.86. The van der Waals surface area contributed by atoms with Crippen LogP contribution in [-0.2, 0) is 4.74 Å². The highest BCUT2D eigenvalue weighted by atomic mass is 16.6. The van der Waals surface area contributed by atoms with Crippen LogP contribution in [0, 0.1) is 5.92 Å². The Bertz CT molecular complexity index is 196. The van der Waals surface area contributed by atoms with E-state index in [9.17, 15) is 4.79 Å². The van der Waals surface area contributed by atoms with Crippen LogP contribution < -0.4 is 5.32 Å². The second kappa shape index (κ2) is 5.99. The maximum Gasteiger partial charge on any atom is 0.407 e. The van der Waals surface area contributed by atoms with E-state index in [4.69, 9.17) is 4.74 Å². The van der Waals surface area contributed by atoms with Crippen molar-refractivity contribution >= 4 is 6.09 Å². The lowest BCUT2D eigenvalue weighted by atomic mass is 9.82. The molecule has 1 aliphatic rings. The van der Waals surface area contributed by atoms with Gasteiger partial charge >= 0.3 is 6.09 Å². The Labute approximate surface area is 95.1 Å². The molecule has 0 atom stereocenters. The molecule has 92 valence electrons. The Morgan fingerprint density at radius 1 is 1.33 bits per heavy atom. The first-order valence-corrected chi connectivity index (χ1v) is 5.86. The zero-order valence-corrected chi connectivity index (χ0v) is 10.9. The first kappa shape index (κ1) is 14.3. The maximum atomic E-state index is 11.2. The summed E-state index contributed by atoms with van der Waals surface area (Å²) in [6, 6.07) is 0.338. The minimum atomic E-state index is -0.389. The number of carbonyl (C=O) groups is 1. The van der Waals surface area contributed by atoms with Crippen LogP contribution in [0.25, 0.3) is 0 Å². The Hall–Kier alpha value is -0.730. The summed E-state index contributed by atoms with van der Waals surface area (Å²) in [5.41, 5.74) is -0.389. The summed E-state index contributed by atoms with van der Waals surface area (Å²) in [5, 5.41) is 2.84. The van der Waals surface area contributed by atoms with Crippen molar-refractivity contribution in [3.8, 4) is 0 Å². The molecule has 1 amide bonds. The lowest BCUT2D eigenvalue weighted by molar-refractivity contribution is 0.0458. The van der Waals surface area contributed by atoms with Gasteiger partial charge in [-0.15, -0.1) is 0 Å². The van der Waals surface area contributed by atoms with E-state index in [1.54, 1.807) is 0 Å². The van der Waals surface area contributed by atoms with Gasteiger partial charge < -0.3 is 10.1 Å². The molecule has 0 heterocycles. The zero-order valence-electron chi connectivity index (χ0n) is 10.9. The topological polar surface area (TPSA) is 38.3 Å². The third-order valence-corrected chi connectivity index (χ3v) is 2.09. The Morgan fingerprint density at radius 3 is 2.13 bits per heavy atom. The molecule has 0 bridgehead atoms. The fourth-order valence-electron chi connectivity index (χ4n) is 1.49. The van der Waals surface area contributed by atoms with E-state index in [1.165, 1.54) is 0 Å². The molecule has 0 unspecified atom stereocenters. The number of amides is 1. The lowest BCUT2D eigenvalue weighted by Crippen LogP contribution is -2.45. The van der Waals surface area contributed by atoms with Gasteiger partial charge in [-0.1, -0.05) is 20.8 Å². The van der Waals surface area contributed by atoms with E-state index >= 15 is 0 Å². The normalized spacial score (nSPS) is 24.4. The lowest BCUT2D eigenvalue weighted by Gasteiger charge is -2.33. The number of alkyl carbamates (subject to hydrolysis) is 1. The molecule has 1 rings (SSSR count). The van der Waals surface area contributed by atoms with Crippen molar-refractivity contribution in [2.24, 2.45) is 5.92 Å². The molecule has 0 aliphatic heterocycles. The van der Waals surface area contributed by atoms with Gasteiger partial charge in [0.1, 0.15) is 5.60 Å². The van der Waals surface area contributed by atoms with Gasteiger partial charge in [0.15, 0.2) is 0 Å². The van der Waals surface area contributed by atoms with Crippen LogP contribution in [0.1, 0.15) is 55.8 Å². The number of nitrogens with one attached hydrogen (secondary N) is 1. The summed E-state index contributed by atoms with van der Waals surface area (Å²) < 4.78 is 5.13. The first-order chi connectivity index (χ1) is 6.87. The SMILES string of the molecule is CC.CC1CC(NC(=O)OC(C)(C)C)C1.[HH]. The second-order valence-corrected chi connectivity index (χ2v) is 4.92. The highest BCUT2D eigenvalue weighted by Crippen LogP contribution is 2.26. The third-order valence-electron chi connectivity index (χ3n) is 2.09. The largest absolute Gasteiger partial charge is 0.444 e. The van der Waals surface area contributed by atoms with Crippen LogP contribution in [0.15, 0.2) is 0 Å². The van der Waals surface area contributed by atoms with Crippen molar-refractivity contribution in [1.29, 1.82) is 0 Å². The highest BCUT2D eigenvalue weighted by Gasteiger charge is 2.28. The van der Waals surface area contributed by atoms with Gasteiger partial charge in [0, 0.05) is 7.47 Å². The predicted octanol–water partition coefficient (Wildman–Crippen LogP) is 3.58. The van der Waals surface area contributed by atoms with Gasteiger partial charge in [-0.25, -0.2) is 4.79 Å². The van der Waals surface area contributed by atoms with E-state index in [1.807, 2.05) is 34.6 Å². The fourth-order valence-corrected chi connectivity index (χ4v) is 1.49. The summed E-state index contributed by atoms with van der Waals surface area (Å²) in [4.78, 5) is 11.2. The monoisotopic (exact) mass is 217 g/mol. The van der Waals surface area contributed by atoms with Gasteiger partial charge in [-0.2, -0.15) is 0 Å². The minimum absolute atomic E-state index is 0. The van der Waals surface area contributed by atoms with Crippen LogP contribution in [-0.4, -0.2) is 17.7 Å². The van der Waals surface area contributed by atoms with Gasteiger partial charge in [0.05, 0.1) is 0 Å². The Balaban J connectivity index is 0. The molecule has 0 aromatic rings. The molecule has 3 heteroatoms. The van der Waals surface area contributed by atoms with Crippen LogP contribution in [0.3, 0.4) is 0 Å². The minimum Gasteiger partial charge on any atom is -0.444 e. The molecular formula is C12H27NO2. The highest BCUT2D eigenvalue weighted by molar-refractivity contribution is 5.68. The van der Waals surface area contributed by atoms with Gasteiger partial charge in [0.2, 0.25) is 0 Å². The summed E-state index contributed by atoms with van der Waals surface area (Å²) in [6.07, 6.45) is 1.88. The molecule has 1 aliphatic carbocycles. The van der Waals surface area contributed by atoms with Gasteiger partial charge in [-0.05, 0) is 39.5 Å². The Morgan fingerprint density at radius 2 is 1.80 bits per heavy atom. The van der Waals surface area contributed by atoms with Crippen molar-refractivity contribution in [3.63, 3.8) is 0 Å². The third kappa shape index (κ3) is 6.37. The number of hydrogen-bond donors (Lipinski definition) is 1. The van der Waals surface area contributed by atoms with Crippen molar-refractivity contribution in [2.45, 2.75) is 66.0 Å². The van der Waals surface area contributed by atoms with Crippen molar-refractivity contribution in [3.05, 3.63) is 0 Å². The van der Waals surface area contributed by atoms with Crippen LogP contribution in [0.2, 0.25) is 0 Å². The smallest absolute Gasteiger partial charge is 0.407 e. The van der Waals surface area contributed by atoms with Crippen molar-refractivity contribution in [1.82, 2.24) is 5.32 Å². The predicted molar refractivity (Wildman–Crippen MR) is 65.0 cm³/mol. The van der Waals surface area contributed by atoms with Crippen LogP contribution in [0.5, 0.6) is 0 Å². The molecule has 0 radical (unpaired) electrons. The van der Waals surface area contributed by atoms with Crippen LogP contribution in [0.4, 0.5) is 4.79 Å². The summed E-state index contributed by atoms with van der Waals surface area (Å²) in [6.45, 7) is 11.8. The number of rotatable bonds is 1. The van der Waals surface area contributed by atoms with E-state index in [2.05, 4.69) is 12.2 Å². The molecule has 0 spiro atoms. The van der Waals surface area contributed by atoms with E-state index in [0.29, 0.717) is 6.04 Å². The molecule has 0 saturated heterocycles. The molecule has 3 nitrogen and oxygen atoms in total. The molecule has 1 saturated carbocycles. The van der Waals surface area contributed by atoms with E-state index in [0.717, 1.165) is 18.8 Å². The quantitative estimate of drug-likeness (QED) is 0.729. The van der Waals surface area contributed by atoms with Gasteiger partial charge in [-0.3, -0.25) is 0 Å². The molecule has 0 aromatic heterocycles. The number of hydrogen-bond acceptors (Lipinski definition) is 2. The summed E-state index contributed by atoms with van der Waals surface area (Å²) >= 11 is 0. The molecule has 1 fully saturated rings. The van der Waals surface area contributed by atoms with E-state index < -0.39 is 0 Å². The van der Waals surface area contributed by atoms with Gasteiger partial charge in [0.25, 0.3) is 0 Å². The van der Waals surface area contributed by atoms with E-state index in [-0.39, 0.29) is 13.1 Å². The number of ether oxygens (including phenoxy) is 1. The average Bonchev–Trinajstić information content (AvgIpc) is 2.02. The maximum absolute atomic E-state index is 11.2. The second-order valence-electron chi connectivity index (χ2n) is 4.92. The van der Waals surface area contributed by atoms with Crippen LogP contribution >= 0.6 is 0 Å². The molecule has 1 N–H and O–H groups in total. The molecule has 15 heavy (non-hydrogen) atoms. The molecular weight excluding hydrogens is 190 g/mol. The molecule has 0 aromatic carbocycles.